The molecule has 3 aromatic heterocycles. The first-order valence-electron chi connectivity index (χ1n) is 14.0. The van der Waals surface area contributed by atoms with Crippen molar-refractivity contribution in [1.29, 1.82) is 0 Å². The molecule has 2 aromatic carbocycles. The van der Waals surface area contributed by atoms with Crippen LogP contribution in [0.4, 0.5) is 0 Å². The molecule has 0 bridgehead atoms. The molecule has 0 saturated carbocycles. The number of pyridine rings is 1. The normalized spacial score (nSPS) is 15.0. The predicted molar refractivity (Wildman–Crippen MR) is 161 cm³/mol. The molecule has 0 unspecified atom stereocenters. The number of nitrogens with zero attached hydrogens (tertiary/aromatic N) is 6. The van der Waals surface area contributed by atoms with E-state index in [1.807, 2.05) is 40.1 Å². The first-order chi connectivity index (χ1) is 19.4. The summed E-state index contributed by atoms with van der Waals surface area (Å²) in [7, 11) is 0.321. The van der Waals surface area contributed by atoms with E-state index in [0.717, 1.165) is 54.7 Å². The number of aromatic nitrogens is 4. The fraction of sp³-hybridized carbons (Fsp3) is 0.355. The Labute approximate surface area is 236 Å². The van der Waals surface area contributed by atoms with E-state index in [0.29, 0.717) is 12.2 Å². The van der Waals surface area contributed by atoms with Gasteiger partial charge in [0.2, 0.25) is 0 Å². The maximum absolute atomic E-state index is 13.5. The van der Waals surface area contributed by atoms with Crippen LogP contribution in [0, 0.1) is 0 Å². The third-order valence-electron chi connectivity index (χ3n) is 7.33. The van der Waals surface area contributed by atoms with Gasteiger partial charge < -0.3 is 9.47 Å². The third-order valence-corrected chi connectivity index (χ3v) is 9.01. The fourth-order valence-corrected chi connectivity index (χ4v) is 6.88. The molecule has 5 aromatic rings. The number of hydrogen-bond acceptors (Lipinski definition) is 6. The number of imidazole rings is 1. The van der Waals surface area contributed by atoms with Crippen molar-refractivity contribution in [2.45, 2.75) is 50.7 Å². The lowest BCUT2D eigenvalue weighted by Crippen LogP contribution is -2.35. The molecule has 4 heterocycles. The van der Waals surface area contributed by atoms with E-state index in [-0.39, 0.29) is 10.9 Å². The number of benzene rings is 2. The highest BCUT2D eigenvalue weighted by Crippen LogP contribution is 2.34. The Morgan fingerprint density at radius 2 is 1.57 bits per heavy atom. The molecule has 0 aliphatic carbocycles. The Balaban J connectivity index is 0.00000158. The van der Waals surface area contributed by atoms with E-state index < -0.39 is 10.0 Å². The first kappa shape index (κ1) is 28.0. The summed E-state index contributed by atoms with van der Waals surface area (Å²) in [5.41, 5.74) is 3.53. The molecule has 210 valence electrons. The second-order valence-corrected chi connectivity index (χ2v) is 12.1. The van der Waals surface area contributed by atoms with Gasteiger partial charge in [0.25, 0.3) is 10.0 Å². The van der Waals surface area contributed by atoms with Crippen molar-refractivity contribution < 1.29 is 8.42 Å². The lowest BCUT2D eigenvalue weighted by atomic mass is 10.0. The molecule has 1 aliphatic heterocycles. The highest BCUT2D eigenvalue weighted by atomic mass is 32.2. The van der Waals surface area contributed by atoms with E-state index in [1.165, 1.54) is 9.54 Å². The van der Waals surface area contributed by atoms with Gasteiger partial charge in [0.05, 0.1) is 23.2 Å². The lowest BCUT2D eigenvalue weighted by molar-refractivity contribution is 0.178. The van der Waals surface area contributed by atoms with Gasteiger partial charge in [0.15, 0.2) is 5.65 Å². The standard InChI is InChI=1S/C29H32N6O2S.C2H6/c1-32(2)21-27-31-26-19-30-29-25(15-18-34(29)38(36,37)24-11-7-4-8-12-24)28(26)35(27)23-13-16-33(17-14-23)20-22-9-5-3-6-10-22;1-2/h3-12,15,18-19,23H,13-14,16-17,20-21H2,1-2H3;1-2H3. The van der Waals surface area contributed by atoms with Crippen molar-refractivity contribution in [3.8, 4) is 0 Å². The molecule has 0 radical (unpaired) electrons. The van der Waals surface area contributed by atoms with Crippen LogP contribution < -0.4 is 0 Å². The van der Waals surface area contributed by atoms with Crippen molar-refractivity contribution >= 4 is 32.1 Å². The quantitative estimate of drug-likeness (QED) is 0.261. The molecule has 6 rings (SSSR count). The first-order valence-corrected chi connectivity index (χ1v) is 15.4. The summed E-state index contributed by atoms with van der Waals surface area (Å²) in [6, 6.07) is 21.3. The largest absolute Gasteiger partial charge is 0.323 e. The number of likely N-dealkylation sites (tertiary alicyclic amines) is 1. The number of hydrogen-bond donors (Lipinski definition) is 0. The summed E-state index contributed by atoms with van der Waals surface area (Å²) in [6.45, 7) is 7.65. The van der Waals surface area contributed by atoms with Crippen LogP contribution in [0.3, 0.4) is 0 Å². The average Bonchev–Trinajstić information content (AvgIpc) is 3.57. The predicted octanol–water partition coefficient (Wildman–Crippen LogP) is 5.55. The zero-order valence-electron chi connectivity index (χ0n) is 23.7. The van der Waals surface area contributed by atoms with E-state index in [2.05, 4.69) is 49.7 Å². The van der Waals surface area contributed by atoms with E-state index in [1.54, 1.807) is 36.7 Å². The molecule has 9 heteroatoms. The molecule has 0 atom stereocenters. The summed E-state index contributed by atoms with van der Waals surface area (Å²) < 4.78 is 30.6. The van der Waals surface area contributed by atoms with Crippen LogP contribution in [-0.4, -0.2) is 63.9 Å². The minimum atomic E-state index is -3.77. The lowest BCUT2D eigenvalue weighted by Gasteiger charge is -2.34. The van der Waals surface area contributed by atoms with Gasteiger partial charge in [-0.25, -0.2) is 22.4 Å². The van der Waals surface area contributed by atoms with Gasteiger partial charge in [-0.2, -0.15) is 0 Å². The second-order valence-electron chi connectivity index (χ2n) is 10.3. The van der Waals surface area contributed by atoms with Crippen LogP contribution >= 0.6 is 0 Å². The summed E-state index contributed by atoms with van der Waals surface area (Å²) in [5, 5.41) is 0.811. The molecular weight excluding hydrogens is 520 g/mol. The molecule has 1 aliphatic rings. The minimum absolute atomic E-state index is 0.243. The molecule has 0 N–H and O–H groups in total. The highest BCUT2D eigenvalue weighted by Gasteiger charge is 2.28. The monoisotopic (exact) mass is 558 g/mol. The van der Waals surface area contributed by atoms with Gasteiger partial charge in [0, 0.05) is 37.3 Å². The van der Waals surface area contributed by atoms with E-state index >= 15 is 0 Å². The Morgan fingerprint density at radius 1 is 0.925 bits per heavy atom. The van der Waals surface area contributed by atoms with Crippen molar-refractivity contribution in [2.75, 3.05) is 27.2 Å². The SMILES string of the molecule is CC.CN(C)Cc1nc2cnc3c(ccn3S(=O)(=O)c3ccccc3)c2n1C1CCN(Cc2ccccc2)CC1. The maximum Gasteiger partial charge on any atom is 0.269 e. The van der Waals surface area contributed by atoms with E-state index in [4.69, 9.17) is 4.98 Å². The molecule has 1 fully saturated rings. The topological polar surface area (TPSA) is 76.3 Å². The molecular formula is C31H38N6O2S. The maximum atomic E-state index is 13.5. The van der Waals surface area contributed by atoms with Crippen molar-refractivity contribution in [3.05, 3.63) is 90.5 Å². The van der Waals surface area contributed by atoms with Gasteiger partial charge in [0.1, 0.15) is 11.3 Å². The van der Waals surface area contributed by atoms with Crippen molar-refractivity contribution in [1.82, 2.24) is 28.3 Å². The van der Waals surface area contributed by atoms with Crippen LogP contribution in [0.5, 0.6) is 0 Å². The Kier molecular flexibility index (Phi) is 8.35. The van der Waals surface area contributed by atoms with E-state index in [9.17, 15) is 8.42 Å². The van der Waals surface area contributed by atoms with Crippen LogP contribution in [0.1, 0.15) is 44.1 Å². The molecule has 40 heavy (non-hydrogen) atoms. The van der Waals surface area contributed by atoms with Gasteiger partial charge in [-0.05, 0) is 50.7 Å². The Bertz CT molecular complexity index is 1670. The van der Waals surface area contributed by atoms with Gasteiger partial charge in [-0.1, -0.05) is 62.4 Å². The number of rotatable bonds is 7. The summed E-state index contributed by atoms with van der Waals surface area (Å²) >= 11 is 0. The second kappa shape index (κ2) is 11.9. The van der Waals surface area contributed by atoms with Gasteiger partial charge in [-0.15, -0.1) is 0 Å². The summed E-state index contributed by atoms with van der Waals surface area (Å²) in [4.78, 5) is 14.4. The Hall–Kier alpha value is -3.53. The van der Waals surface area contributed by atoms with Crippen molar-refractivity contribution in [3.63, 3.8) is 0 Å². The van der Waals surface area contributed by atoms with Gasteiger partial charge in [-0.3, -0.25) is 4.90 Å². The summed E-state index contributed by atoms with van der Waals surface area (Å²) in [6.07, 6.45) is 5.34. The van der Waals surface area contributed by atoms with Crippen LogP contribution in [0.25, 0.3) is 22.1 Å². The van der Waals surface area contributed by atoms with Gasteiger partial charge >= 0.3 is 0 Å². The summed E-state index contributed by atoms with van der Waals surface area (Å²) in [5.74, 6) is 0.986. The Morgan fingerprint density at radius 3 is 2.23 bits per heavy atom. The number of fused-ring (bicyclic) bond motifs is 3. The molecule has 8 nitrogen and oxygen atoms in total. The molecule has 0 amide bonds. The number of piperidine rings is 1. The zero-order chi connectivity index (χ0) is 28.3. The van der Waals surface area contributed by atoms with Crippen LogP contribution in [-0.2, 0) is 23.1 Å². The smallest absolute Gasteiger partial charge is 0.269 e. The van der Waals surface area contributed by atoms with Crippen molar-refractivity contribution in [2.24, 2.45) is 0 Å². The highest BCUT2D eigenvalue weighted by molar-refractivity contribution is 7.90. The average molecular weight is 559 g/mol. The van der Waals surface area contributed by atoms with Crippen LogP contribution in [0.2, 0.25) is 0 Å². The molecule has 1 saturated heterocycles. The third kappa shape index (κ3) is 5.41. The molecule has 0 spiro atoms. The van der Waals surface area contributed by atoms with Crippen LogP contribution in [0.15, 0.2) is 84.0 Å². The fourth-order valence-electron chi connectivity index (χ4n) is 5.56. The zero-order valence-corrected chi connectivity index (χ0v) is 24.6. The minimum Gasteiger partial charge on any atom is -0.323 e.